The topological polar surface area (TPSA) is 38.9 Å². The Morgan fingerprint density at radius 3 is 2.31 bits per heavy atom. The lowest BCUT2D eigenvalue weighted by atomic mass is 9.85. The number of anilines is 1. The van der Waals surface area contributed by atoms with E-state index in [-0.39, 0.29) is 17.1 Å². The highest BCUT2D eigenvalue weighted by atomic mass is 19.1. The van der Waals surface area contributed by atoms with Crippen molar-refractivity contribution < 1.29 is 4.39 Å². The Morgan fingerprint density at radius 1 is 1.38 bits per heavy atom. The predicted molar refractivity (Wildman–Crippen MR) is 52.0 cm³/mol. The van der Waals surface area contributed by atoms with Crippen LogP contribution in [0.3, 0.4) is 0 Å². The fraction of sp³-hybridized carbons (Fsp3) is 0.500. The Kier molecular flexibility index (Phi) is 2.28. The van der Waals surface area contributed by atoms with E-state index in [1.54, 1.807) is 6.92 Å². The molecule has 1 rings (SSSR count). The number of aromatic nitrogens is 1. The van der Waals surface area contributed by atoms with Gasteiger partial charge in [-0.25, -0.2) is 9.37 Å². The van der Waals surface area contributed by atoms with Crippen LogP contribution in [0, 0.1) is 12.7 Å². The smallest absolute Gasteiger partial charge is 0.132 e. The molecule has 0 saturated heterocycles. The number of hydrogen-bond acceptors (Lipinski definition) is 2. The van der Waals surface area contributed by atoms with Gasteiger partial charge in [0, 0.05) is 17.3 Å². The van der Waals surface area contributed by atoms with Crippen LogP contribution in [0.15, 0.2) is 6.07 Å². The number of aryl methyl sites for hydroxylation is 1. The van der Waals surface area contributed by atoms with E-state index in [1.165, 1.54) is 6.07 Å². The molecule has 0 fully saturated rings. The molecule has 1 aromatic heterocycles. The quantitative estimate of drug-likeness (QED) is 0.669. The van der Waals surface area contributed by atoms with Crippen LogP contribution in [0.1, 0.15) is 32.0 Å². The van der Waals surface area contributed by atoms with Crippen LogP contribution in [0.5, 0.6) is 0 Å². The SMILES string of the molecule is Cc1nc(N)cc(F)c1C(C)(C)C. The van der Waals surface area contributed by atoms with Gasteiger partial charge in [0.15, 0.2) is 0 Å². The molecule has 2 N–H and O–H groups in total. The molecule has 72 valence electrons. The monoisotopic (exact) mass is 182 g/mol. The van der Waals surface area contributed by atoms with Gasteiger partial charge in [0.05, 0.1) is 0 Å². The third-order valence-corrected chi connectivity index (χ3v) is 1.92. The fourth-order valence-electron chi connectivity index (χ4n) is 1.56. The Bertz CT molecular complexity index is 303. The zero-order chi connectivity index (χ0) is 10.2. The van der Waals surface area contributed by atoms with Gasteiger partial charge < -0.3 is 5.73 Å². The second kappa shape index (κ2) is 2.98. The molecule has 0 spiro atoms. The van der Waals surface area contributed by atoms with Gasteiger partial charge in [0.1, 0.15) is 11.6 Å². The van der Waals surface area contributed by atoms with Crippen molar-refractivity contribution in [2.45, 2.75) is 33.1 Å². The van der Waals surface area contributed by atoms with Crippen molar-refractivity contribution >= 4 is 5.82 Å². The molecular weight excluding hydrogens is 167 g/mol. The first-order valence-corrected chi connectivity index (χ1v) is 4.25. The average Bonchev–Trinajstić information content (AvgIpc) is 1.78. The highest BCUT2D eigenvalue weighted by Gasteiger charge is 2.21. The van der Waals surface area contributed by atoms with Crippen molar-refractivity contribution in [1.82, 2.24) is 4.98 Å². The number of rotatable bonds is 0. The molecule has 2 nitrogen and oxygen atoms in total. The molecule has 3 heteroatoms. The van der Waals surface area contributed by atoms with Crippen molar-refractivity contribution in [2.75, 3.05) is 5.73 Å². The molecule has 13 heavy (non-hydrogen) atoms. The predicted octanol–water partition coefficient (Wildman–Crippen LogP) is 2.41. The summed E-state index contributed by atoms with van der Waals surface area (Å²) in [4.78, 5) is 4.04. The lowest BCUT2D eigenvalue weighted by Gasteiger charge is -2.21. The molecule has 0 saturated carbocycles. The zero-order valence-electron chi connectivity index (χ0n) is 8.48. The molecule has 0 radical (unpaired) electrons. The van der Waals surface area contributed by atoms with Gasteiger partial charge in [0.2, 0.25) is 0 Å². The summed E-state index contributed by atoms with van der Waals surface area (Å²) in [6.45, 7) is 7.64. The molecule has 0 amide bonds. The van der Waals surface area contributed by atoms with Gasteiger partial charge in [-0.1, -0.05) is 20.8 Å². The molecule has 0 aliphatic carbocycles. The van der Waals surface area contributed by atoms with Crippen molar-refractivity contribution in [1.29, 1.82) is 0 Å². The van der Waals surface area contributed by atoms with Gasteiger partial charge in [-0.2, -0.15) is 0 Å². The number of halogens is 1. The van der Waals surface area contributed by atoms with E-state index in [1.807, 2.05) is 20.8 Å². The van der Waals surface area contributed by atoms with Crippen LogP contribution >= 0.6 is 0 Å². The summed E-state index contributed by atoms with van der Waals surface area (Å²) in [5, 5.41) is 0. The third-order valence-electron chi connectivity index (χ3n) is 1.92. The maximum Gasteiger partial charge on any atom is 0.132 e. The number of pyridine rings is 1. The van der Waals surface area contributed by atoms with Crippen LogP contribution in [0.25, 0.3) is 0 Å². The molecule has 1 heterocycles. The fourth-order valence-corrected chi connectivity index (χ4v) is 1.56. The summed E-state index contributed by atoms with van der Waals surface area (Å²) in [5.74, 6) is -0.0273. The standard InChI is InChI=1S/C10H15FN2/c1-6-9(10(2,3)4)7(11)5-8(12)13-6/h5H,1-4H3,(H2,12,13). The van der Waals surface area contributed by atoms with E-state index in [2.05, 4.69) is 4.98 Å². The summed E-state index contributed by atoms with van der Waals surface area (Å²) in [6.07, 6.45) is 0. The Morgan fingerprint density at radius 2 is 1.92 bits per heavy atom. The molecular formula is C10H15FN2. The van der Waals surface area contributed by atoms with E-state index < -0.39 is 0 Å². The second-order valence-corrected chi connectivity index (χ2v) is 4.24. The maximum absolute atomic E-state index is 13.5. The molecule has 0 atom stereocenters. The van der Waals surface area contributed by atoms with Crippen molar-refractivity contribution in [3.05, 3.63) is 23.1 Å². The van der Waals surface area contributed by atoms with Gasteiger partial charge >= 0.3 is 0 Å². The second-order valence-electron chi connectivity index (χ2n) is 4.24. The Labute approximate surface area is 78.0 Å². The highest BCUT2D eigenvalue weighted by molar-refractivity contribution is 5.38. The molecule has 1 aromatic rings. The largest absolute Gasteiger partial charge is 0.384 e. The summed E-state index contributed by atoms with van der Waals surface area (Å²) in [6, 6.07) is 1.27. The van der Waals surface area contributed by atoms with Gasteiger partial charge in [-0.05, 0) is 12.3 Å². The molecule has 0 unspecified atom stereocenters. The molecule has 0 bridgehead atoms. The normalized spacial score (nSPS) is 11.8. The number of nitrogens with zero attached hydrogens (tertiary/aromatic N) is 1. The Balaban J connectivity index is 3.38. The first-order valence-electron chi connectivity index (χ1n) is 4.25. The van der Waals surface area contributed by atoms with Crippen LogP contribution in [-0.4, -0.2) is 4.98 Å². The molecule has 0 aliphatic heterocycles. The average molecular weight is 182 g/mol. The number of nitrogen functional groups attached to an aromatic ring is 1. The minimum Gasteiger partial charge on any atom is -0.384 e. The summed E-state index contributed by atoms with van der Waals surface area (Å²) < 4.78 is 13.5. The van der Waals surface area contributed by atoms with E-state index in [9.17, 15) is 4.39 Å². The lowest BCUT2D eigenvalue weighted by Crippen LogP contribution is -2.17. The summed E-state index contributed by atoms with van der Waals surface area (Å²) in [5.41, 5.74) is 6.50. The van der Waals surface area contributed by atoms with Gasteiger partial charge in [0.25, 0.3) is 0 Å². The van der Waals surface area contributed by atoms with Crippen molar-refractivity contribution in [3.63, 3.8) is 0 Å². The minimum absolute atomic E-state index is 0.227. The molecule has 0 aliphatic rings. The lowest BCUT2D eigenvalue weighted by molar-refractivity contribution is 0.515. The van der Waals surface area contributed by atoms with Crippen molar-refractivity contribution in [3.8, 4) is 0 Å². The Hall–Kier alpha value is -1.12. The first-order chi connectivity index (χ1) is 5.82. The van der Waals surface area contributed by atoms with E-state index >= 15 is 0 Å². The van der Waals surface area contributed by atoms with Crippen LogP contribution in [-0.2, 0) is 5.41 Å². The van der Waals surface area contributed by atoms with E-state index in [4.69, 9.17) is 5.73 Å². The first kappa shape index (κ1) is 9.96. The number of hydrogen-bond donors (Lipinski definition) is 1. The highest BCUT2D eigenvalue weighted by Crippen LogP contribution is 2.27. The third kappa shape index (κ3) is 1.97. The van der Waals surface area contributed by atoms with Crippen LogP contribution < -0.4 is 5.73 Å². The van der Waals surface area contributed by atoms with E-state index in [0.29, 0.717) is 11.3 Å². The summed E-state index contributed by atoms with van der Waals surface area (Å²) in [7, 11) is 0. The van der Waals surface area contributed by atoms with E-state index in [0.717, 1.165) is 0 Å². The van der Waals surface area contributed by atoms with Crippen molar-refractivity contribution in [2.24, 2.45) is 0 Å². The minimum atomic E-state index is -0.266. The molecule has 0 aromatic carbocycles. The number of nitrogens with two attached hydrogens (primary N) is 1. The van der Waals surface area contributed by atoms with Crippen LogP contribution in [0.2, 0.25) is 0 Å². The summed E-state index contributed by atoms with van der Waals surface area (Å²) >= 11 is 0. The maximum atomic E-state index is 13.5. The van der Waals surface area contributed by atoms with Crippen LogP contribution in [0.4, 0.5) is 10.2 Å². The van der Waals surface area contributed by atoms with Gasteiger partial charge in [-0.15, -0.1) is 0 Å². The zero-order valence-corrected chi connectivity index (χ0v) is 8.48. The van der Waals surface area contributed by atoms with Gasteiger partial charge in [-0.3, -0.25) is 0 Å².